The van der Waals surface area contributed by atoms with E-state index in [4.69, 9.17) is 9.47 Å². The number of methoxy groups -OCH3 is 1. The summed E-state index contributed by atoms with van der Waals surface area (Å²) in [5.41, 5.74) is 4.56. The van der Waals surface area contributed by atoms with Gasteiger partial charge in [0.25, 0.3) is 0 Å². The van der Waals surface area contributed by atoms with Crippen LogP contribution in [0.5, 0.6) is 5.75 Å². The van der Waals surface area contributed by atoms with Crippen LogP contribution in [0.25, 0.3) is 0 Å². The van der Waals surface area contributed by atoms with E-state index in [9.17, 15) is 18.0 Å². The molecule has 0 spiro atoms. The van der Waals surface area contributed by atoms with Crippen LogP contribution >= 0.6 is 0 Å². The topological polar surface area (TPSA) is 42.0 Å². The molecule has 0 saturated carbocycles. The standard InChI is InChI=1S/C29H45F3N2O3Si/c1-20(2)38(21(3)4,22(5)6)17-11-12-24-19-33(18-23-13-15-25(36-10)16-14-23)26(29(30,31)32)34(24)27(35)37-28(7,8)9/h13-16,20-22,24,26H,12,18-19H2,1-10H3/t24-,26+/m0/s1. The largest absolute Gasteiger partial charge is 0.497 e. The zero-order valence-corrected chi connectivity index (χ0v) is 25.6. The highest BCUT2D eigenvalue weighted by Gasteiger charge is 2.56. The fourth-order valence-corrected chi connectivity index (χ4v) is 11.1. The zero-order chi connectivity index (χ0) is 29.1. The van der Waals surface area contributed by atoms with Crippen LogP contribution in [0.2, 0.25) is 16.6 Å². The summed E-state index contributed by atoms with van der Waals surface area (Å²) in [4.78, 5) is 15.4. The molecule has 0 aromatic heterocycles. The van der Waals surface area contributed by atoms with Gasteiger partial charge in [-0.2, -0.15) is 13.2 Å². The van der Waals surface area contributed by atoms with Gasteiger partial charge in [0.15, 0.2) is 6.17 Å². The van der Waals surface area contributed by atoms with Crippen LogP contribution in [0.3, 0.4) is 0 Å². The molecule has 38 heavy (non-hydrogen) atoms. The van der Waals surface area contributed by atoms with Crippen LogP contribution in [-0.2, 0) is 11.3 Å². The monoisotopic (exact) mass is 554 g/mol. The average Bonchev–Trinajstić information content (AvgIpc) is 3.14. The number of carbonyl (C=O) groups excluding carboxylic acids is 1. The van der Waals surface area contributed by atoms with E-state index in [2.05, 4.69) is 53.0 Å². The van der Waals surface area contributed by atoms with E-state index in [-0.39, 0.29) is 19.5 Å². The Morgan fingerprint density at radius 3 is 1.97 bits per heavy atom. The number of carbonyl (C=O) groups is 1. The van der Waals surface area contributed by atoms with Crippen LogP contribution in [0.15, 0.2) is 24.3 Å². The fourth-order valence-electron chi connectivity index (χ4n) is 5.80. The lowest BCUT2D eigenvalue weighted by Gasteiger charge is -2.38. The van der Waals surface area contributed by atoms with Crippen molar-refractivity contribution in [1.29, 1.82) is 0 Å². The summed E-state index contributed by atoms with van der Waals surface area (Å²) in [6.45, 7) is 18.2. The highest BCUT2D eigenvalue weighted by atomic mass is 28.3. The van der Waals surface area contributed by atoms with Crippen molar-refractivity contribution in [2.45, 2.75) is 116 Å². The molecule has 0 N–H and O–H groups in total. The van der Waals surface area contributed by atoms with Crippen molar-refractivity contribution >= 4 is 14.2 Å². The van der Waals surface area contributed by atoms with Crippen molar-refractivity contribution in [1.82, 2.24) is 9.80 Å². The molecule has 1 aromatic carbocycles. The first-order valence-electron chi connectivity index (χ1n) is 13.4. The van der Waals surface area contributed by atoms with Crippen LogP contribution < -0.4 is 4.74 Å². The first kappa shape index (κ1) is 32.0. The van der Waals surface area contributed by atoms with E-state index in [0.29, 0.717) is 27.9 Å². The summed E-state index contributed by atoms with van der Waals surface area (Å²) < 4.78 is 54.3. The molecule has 1 heterocycles. The number of alkyl halides is 3. The molecular formula is C29H45F3N2O3Si. The second kappa shape index (κ2) is 12.3. The minimum atomic E-state index is -4.67. The Morgan fingerprint density at radius 2 is 1.55 bits per heavy atom. The first-order chi connectivity index (χ1) is 17.4. The normalized spacial score (nSPS) is 19.2. The van der Waals surface area contributed by atoms with Gasteiger partial charge in [-0.1, -0.05) is 53.7 Å². The quantitative estimate of drug-likeness (QED) is 0.257. The van der Waals surface area contributed by atoms with Gasteiger partial charge in [0.05, 0.1) is 13.2 Å². The number of hydrogen-bond donors (Lipinski definition) is 0. The summed E-state index contributed by atoms with van der Waals surface area (Å²) in [5.74, 6) is 3.91. The summed E-state index contributed by atoms with van der Waals surface area (Å²) in [5, 5.41) is 0. The van der Waals surface area contributed by atoms with E-state index in [1.54, 1.807) is 45.0 Å². The van der Waals surface area contributed by atoms with Gasteiger partial charge in [-0.15, -0.1) is 11.5 Å². The Balaban J connectivity index is 2.49. The Morgan fingerprint density at radius 1 is 1.03 bits per heavy atom. The second-order valence-corrected chi connectivity index (χ2v) is 17.7. The molecule has 1 aromatic rings. The molecule has 2 rings (SSSR count). The van der Waals surface area contributed by atoms with Gasteiger partial charge in [0.2, 0.25) is 0 Å². The minimum Gasteiger partial charge on any atom is -0.497 e. The van der Waals surface area contributed by atoms with Crippen LogP contribution in [0, 0.1) is 11.5 Å². The maximum atomic E-state index is 14.5. The Bertz CT molecular complexity index is 970. The van der Waals surface area contributed by atoms with Crippen LogP contribution in [0.1, 0.15) is 74.3 Å². The summed E-state index contributed by atoms with van der Waals surface area (Å²) in [6.07, 6.45) is -7.58. The SMILES string of the molecule is COc1ccc(CN2C[C@H](CC#C[Si](C(C)C)(C(C)C)C(C)C)N(C(=O)OC(C)(C)C)[C@@H]2C(F)(F)F)cc1. The first-order valence-corrected chi connectivity index (χ1v) is 15.6. The highest BCUT2D eigenvalue weighted by Crippen LogP contribution is 2.41. The molecule has 0 unspecified atom stereocenters. The smallest absolute Gasteiger partial charge is 0.422 e. The molecule has 0 radical (unpaired) electrons. The lowest BCUT2D eigenvalue weighted by atomic mass is 10.2. The van der Waals surface area contributed by atoms with Crippen molar-refractivity contribution in [3.8, 4) is 17.2 Å². The van der Waals surface area contributed by atoms with Crippen LogP contribution in [-0.4, -0.2) is 61.6 Å². The van der Waals surface area contributed by atoms with Gasteiger partial charge < -0.3 is 9.47 Å². The molecule has 1 aliphatic heterocycles. The lowest BCUT2D eigenvalue weighted by Crippen LogP contribution is -2.54. The molecule has 214 valence electrons. The van der Waals surface area contributed by atoms with Gasteiger partial charge >= 0.3 is 12.3 Å². The number of hydrogen-bond acceptors (Lipinski definition) is 4. The molecule has 9 heteroatoms. The van der Waals surface area contributed by atoms with Crippen molar-refractivity contribution < 1.29 is 27.4 Å². The Kier molecular flexibility index (Phi) is 10.4. The number of halogens is 3. The predicted molar refractivity (Wildman–Crippen MR) is 149 cm³/mol. The predicted octanol–water partition coefficient (Wildman–Crippen LogP) is 7.62. The van der Waals surface area contributed by atoms with Crippen molar-refractivity contribution in [3.05, 3.63) is 29.8 Å². The molecule has 1 aliphatic rings. The molecular weight excluding hydrogens is 509 g/mol. The number of ether oxygens (including phenoxy) is 2. The van der Waals surface area contributed by atoms with Crippen LogP contribution in [0.4, 0.5) is 18.0 Å². The number of amides is 1. The van der Waals surface area contributed by atoms with Crippen molar-refractivity contribution in [2.24, 2.45) is 0 Å². The van der Waals surface area contributed by atoms with E-state index in [1.165, 1.54) is 12.0 Å². The van der Waals surface area contributed by atoms with Gasteiger partial charge in [-0.05, 0) is 55.1 Å². The maximum Gasteiger partial charge on any atom is 0.422 e. The third kappa shape index (κ3) is 7.47. The molecule has 5 nitrogen and oxygen atoms in total. The molecule has 1 fully saturated rings. The highest BCUT2D eigenvalue weighted by molar-refractivity contribution is 6.90. The van der Waals surface area contributed by atoms with E-state index >= 15 is 0 Å². The van der Waals surface area contributed by atoms with Gasteiger partial charge in [-0.3, -0.25) is 9.80 Å². The Hall–Kier alpha value is -2.18. The summed E-state index contributed by atoms with van der Waals surface area (Å²) in [7, 11) is -0.534. The van der Waals surface area contributed by atoms with Crippen molar-refractivity contribution in [3.63, 3.8) is 0 Å². The molecule has 0 bridgehead atoms. The number of nitrogens with zero attached hydrogens (tertiary/aromatic N) is 2. The third-order valence-corrected chi connectivity index (χ3v) is 13.7. The summed E-state index contributed by atoms with van der Waals surface area (Å²) >= 11 is 0. The Labute approximate surface area is 228 Å². The van der Waals surface area contributed by atoms with E-state index < -0.39 is 38.2 Å². The van der Waals surface area contributed by atoms with Gasteiger partial charge in [0, 0.05) is 19.5 Å². The number of rotatable bonds is 7. The van der Waals surface area contributed by atoms with Gasteiger partial charge in [0.1, 0.15) is 19.4 Å². The summed E-state index contributed by atoms with van der Waals surface area (Å²) in [6, 6.07) is 6.17. The molecule has 0 aliphatic carbocycles. The fraction of sp³-hybridized carbons (Fsp3) is 0.690. The van der Waals surface area contributed by atoms with E-state index in [0.717, 1.165) is 4.90 Å². The third-order valence-electron chi connectivity index (χ3n) is 7.40. The molecule has 1 saturated heterocycles. The van der Waals surface area contributed by atoms with Gasteiger partial charge in [-0.25, -0.2) is 4.79 Å². The lowest BCUT2D eigenvalue weighted by molar-refractivity contribution is -0.207. The molecule has 1 amide bonds. The second-order valence-electron chi connectivity index (χ2n) is 12.1. The van der Waals surface area contributed by atoms with E-state index in [1.807, 2.05) is 0 Å². The minimum absolute atomic E-state index is 0.0278. The maximum absolute atomic E-state index is 14.5. The van der Waals surface area contributed by atoms with Crippen molar-refractivity contribution in [2.75, 3.05) is 13.7 Å². The zero-order valence-electron chi connectivity index (χ0n) is 24.6. The number of benzene rings is 1. The average molecular weight is 555 g/mol. The molecule has 2 atom stereocenters.